The van der Waals surface area contributed by atoms with Gasteiger partial charge in [0.15, 0.2) is 11.5 Å². The smallest absolute Gasteiger partial charge is 0.255 e. The van der Waals surface area contributed by atoms with Crippen LogP contribution < -0.4 is 34.9 Å². The first kappa shape index (κ1) is 77.6. The lowest BCUT2D eigenvalue weighted by atomic mass is 10.0. The average molecular weight is 1610 g/mol. The molecule has 111 heavy (non-hydrogen) atoms. The van der Waals surface area contributed by atoms with Gasteiger partial charge in [-0.15, -0.1) is 22.7 Å². The Morgan fingerprint density at radius 2 is 0.874 bits per heavy atom. The summed E-state index contributed by atoms with van der Waals surface area (Å²) in [4.78, 5) is 85.0. The van der Waals surface area contributed by atoms with Gasteiger partial charge in [-0.3, -0.25) is 49.2 Å². The normalized spacial score (nSPS) is 17.4. The van der Waals surface area contributed by atoms with Crippen molar-refractivity contribution in [2.45, 2.75) is 89.4 Å². The summed E-state index contributed by atoms with van der Waals surface area (Å²) in [6.07, 6.45) is 7.64. The van der Waals surface area contributed by atoms with Crippen LogP contribution in [0.3, 0.4) is 0 Å². The van der Waals surface area contributed by atoms with Gasteiger partial charge in [-0.05, 0) is 213 Å². The molecule has 8 aromatic carbocycles. The Morgan fingerprint density at radius 3 is 1.31 bits per heavy atom. The number of hydrogen-bond donors (Lipinski definition) is 5. The summed E-state index contributed by atoms with van der Waals surface area (Å²) < 4.78 is 53.6. The lowest BCUT2D eigenvalue weighted by Gasteiger charge is -2.34. The van der Waals surface area contributed by atoms with Crippen molar-refractivity contribution in [2.75, 3.05) is 90.5 Å². The van der Waals surface area contributed by atoms with E-state index in [0.717, 1.165) is 180 Å². The Hall–Kier alpha value is -10.1. The van der Waals surface area contributed by atoms with Gasteiger partial charge < -0.3 is 49.2 Å². The number of phenols is 2. The number of benzene rings is 8. The number of unbranched alkanes of at least 4 members (excludes halogenated alkanes) is 2. The second-order valence-corrected chi connectivity index (χ2v) is 31.3. The van der Waals surface area contributed by atoms with Crippen LogP contribution in [0.25, 0.3) is 41.1 Å². The third-order valence-corrected chi connectivity index (χ3v) is 23.7. The number of fused-ring (bicyclic) bond motifs is 4. The SMILES string of the molecule is O=C1CCC(N2Cc3cc(CCCCBr)ccc3C2=O)C(=O)N1.O=C1CCC(N2Cc3cc(CCCCN4CCN(CCOc5ccc(Oc6c(-c7ccc(F)cc7)sc7cc(O)ccc67)cc5)CC4)ccc3C2=O)C(=O)N1.Oc1ccc2c(Oc3ccc(OCCN4CCNCC4)cc3)c(-c3ccc(F)cc3)sc2c1. The topological polar surface area (TPSA) is 232 Å². The van der Waals surface area contributed by atoms with Gasteiger partial charge in [-0.2, -0.15) is 0 Å². The monoisotopic (exact) mass is 1600 g/mol. The fourth-order valence-electron chi connectivity index (χ4n) is 14.8. The van der Waals surface area contributed by atoms with E-state index in [1.165, 1.54) is 58.1 Å². The molecule has 6 aliphatic rings. The number of rotatable bonds is 25. The molecule has 0 saturated carbocycles. The van der Waals surface area contributed by atoms with Crippen molar-refractivity contribution in [1.29, 1.82) is 0 Å². The van der Waals surface area contributed by atoms with Crippen molar-refractivity contribution in [2.24, 2.45) is 0 Å². The van der Waals surface area contributed by atoms with Crippen LogP contribution in [0.15, 0.2) is 170 Å². The molecule has 6 aliphatic heterocycles. The molecule has 8 heterocycles. The number of thiophene rings is 2. The summed E-state index contributed by atoms with van der Waals surface area (Å²) >= 11 is 6.42. The van der Waals surface area contributed by atoms with E-state index in [2.05, 4.69) is 58.7 Å². The summed E-state index contributed by atoms with van der Waals surface area (Å²) in [5.74, 6) is 2.53. The van der Waals surface area contributed by atoms with Gasteiger partial charge >= 0.3 is 0 Å². The molecule has 0 spiro atoms. The van der Waals surface area contributed by atoms with E-state index >= 15 is 0 Å². The van der Waals surface area contributed by atoms with Crippen LogP contribution in [-0.4, -0.2) is 173 Å². The van der Waals surface area contributed by atoms with E-state index in [1.807, 2.05) is 84.9 Å². The van der Waals surface area contributed by atoms with Gasteiger partial charge in [0.05, 0.1) is 9.75 Å². The highest BCUT2D eigenvalue weighted by atomic mass is 79.9. The number of carbonyl (C=O) groups excluding carboxylic acids is 6. The van der Waals surface area contributed by atoms with Crippen molar-refractivity contribution in [3.63, 3.8) is 0 Å². The highest BCUT2D eigenvalue weighted by Gasteiger charge is 2.41. The Labute approximate surface area is 659 Å². The molecule has 5 N–H and O–H groups in total. The quantitative estimate of drug-likeness (QED) is 0.0203. The van der Waals surface area contributed by atoms with Gasteiger partial charge in [0.25, 0.3) is 11.8 Å². The van der Waals surface area contributed by atoms with Crippen molar-refractivity contribution in [3.05, 3.63) is 215 Å². The van der Waals surface area contributed by atoms with Crippen LogP contribution in [0, 0.1) is 11.6 Å². The highest BCUT2D eigenvalue weighted by molar-refractivity contribution is 9.09. The van der Waals surface area contributed by atoms with Crippen LogP contribution in [0.4, 0.5) is 8.78 Å². The molecule has 16 rings (SSSR count). The molecule has 20 nitrogen and oxygen atoms in total. The molecule has 25 heteroatoms. The van der Waals surface area contributed by atoms with Crippen LogP contribution >= 0.6 is 38.6 Å². The molecule has 0 radical (unpaired) electrons. The first-order valence-corrected chi connectivity index (χ1v) is 40.6. The van der Waals surface area contributed by atoms with Gasteiger partial charge in [-0.25, -0.2) is 8.78 Å². The van der Waals surface area contributed by atoms with Crippen molar-refractivity contribution < 1.29 is 66.7 Å². The number of hydrogen-bond acceptors (Lipinski definition) is 18. The molecule has 576 valence electrons. The minimum atomic E-state index is -0.586. The number of amides is 6. The molecule has 4 saturated heterocycles. The fourth-order valence-corrected chi connectivity index (χ4v) is 17.5. The third kappa shape index (κ3) is 19.4. The number of alkyl halides is 1. The maximum Gasteiger partial charge on any atom is 0.255 e. The fraction of sp³-hybridized carbons (Fsp3) is 0.326. The second-order valence-electron chi connectivity index (χ2n) is 28.4. The van der Waals surface area contributed by atoms with Crippen LogP contribution in [0.1, 0.15) is 94.3 Å². The minimum Gasteiger partial charge on any atom is -0.508 e. The zero-order valence-electron chi connectivity index (χ0n) is 61.4. The summed E-state index contributed by atoms with van der Waals surface area (Å²) in [5.41, 5.74) is 7.41. The number of imide groups is 2. The number of phenolic OH excluding ortho intramolecular Hbond substituents is 2. The highest BCUT2D eigenvalue weighted by Crippen LogP contribution is 2.49. The van der Waals surface area contributed by atoms with E-state index in [9.17, 15) is 47.8 Å². The predicted molar refractivity (Wildman–Crippen MR) is 429 cm³/mol. The largest absolute Gasteiger partial charge is 0.508 e. The third-order valence-electron chi connectivity index (χ3n) is 20.8. The molecule has 4 fully saturated rings. The molecule has 10 aromatic rings. The van der Waals surface area contributed by atoms with E-state index in [-0.39, 0.29) is 71.4 Å². The molecule has 0 bridgehead atoms. The van der Waals surface area contributed by atoms with Gasteiger partial charge in [0.2, 0.25) is 23.6 Å². The summed E-state index contributed by atoms with van der Waals surface area (Å²) in [5, 5.41) is 30.8. The number of nitrogens with one attached hydrogen (secondary N) is 3. The van der Waals surface area contributed by atoms with E-state index in [4.69, 9.17) is 18.9 Å². The van der Waals surface area contributed by atoms with Crippen LogP contribution in [-0.2, 0) is 45.1 Å². The Balaban J connectivity index is 0.000000154. The van der Waals surface area contributed by atoms with Crippen LogP contribution in [0.5, 0.6) is 46.0 Å². The lowest BCUT2D eigenvalue weighted by Crippen LogP contribution is -2.52. The van der Waals surface area contributed by atoms with Crippen molar-refractivity contribution in [1.82, 2.24) is 40.4 Å². The zero-order chi connectivity index (χ0) is 76.9. The van der Waals surface area contributed by atoms with E-state index < -0.39 is 12.1 Å². The number of halogens is 3. The summed E-state index contributed by atoms with van der Waals surface area (Å²) in [6.45, 7) is 13.1. The van der Waals surface area contributed by atoms with E-state index in [1.54, 1.807) is 58.3 Å². The molecule has 2 aromatic heterocycles. The summed E-state index contributed by atoms with van der Waals surface area (Å²) in [7, 11) is 0. The first-order valence-electron chi connectivity index (χ1n) is 37.8. The Morgan fingerprint density at radius 1 is 0.459 bits per heavy atom. The number of piperidine rings is 2. The number of piperazine rings is 2. The van der Waals surface area contributed by atoms with Gasteiger partial charge in [-0.1, -0.05) is 64.5 Å². The second kappa shape index (κ2) is 36.4. The number of nitrogens with zero attached hydrogens (tertiary/aromatic N) is 5. The molecular weight excluding hydrogens is 1520 g/mol. The molecular formula is C86H87BrF2N8O12S2. The van der Waals surface area contributed by atoms with Gasteiger partial charge in [0, 0.05) is 128 Å². The Bertz CT molecular complexity index is 5000. The number of carbonyl (C=O) groups is 6. The summed E-state index contributed by atoms with van der Waals surface area (Å²) in [6, 6.07) is 49.1. The lowest BCUT2D eigenvalue weighted by molar-refractivity contribution is -0.138. The zero-order valence-corrected chi connectivity index (χ0v) is 64.6. The molecule has 2 unspecified atom stereocenters. The Kier molecular flexibility index (Phi) is 25.4. The van der Waals surface area contributed by atoms with Gasteiger partial charge in [0.1, 0.15) is 71.4 Å². The maximum atomic E-state index is 13.6. The standard InChI is InChI=1S/C43H43FN4O6S.C26H25FN2O3S.C17H19BrN2O3/c44-31-7-5-29(6-8-31)41-40(36-15-9-32(49)26-38(36)55-41)54-34-12-10-33(11-13-34)53-24-23-47-21-19-46(20-22-47)18-2-1-3-28-4-14-35-30(25-28)27-48(43(35)52)37-16-17-39(50)45-42(37)51;27-19-3-1-18(2-4-19)26-25(23-10-5-20(30)17-24(23)33-26)32-22-8-6-21(7-9-22)31-16-15-29-13-11-28-12-14-29;18-8-2-1-3-11-4-5-13-12(9-11)10-20(17(13)23)14-6-7-15(21)19-16(14)22/h4-15,25-26,37,49H,1-3,16-24,27H2,(H,45,50,51);1-10,17,28,30H,11-16H2;4-5,9,14H,1-3,6-8,10H2,(H,19,21,22). The molecule has 2 atom stereocenters. The molecule has 6 amide bonds. The average Bonchev–Trinajstić information content (AvgIpc) is 1.65. The number of aromatic hydroxyl groups is 2. The maximum absolute atomic E-state index is 13.6. The van der Waals surface area contributed by atoms with Crippen molar-refractivity contribution >= 4 is 94.2 Å². The predicted octanol–water partition coefficient (Wildman–Crippen LogP) is 14.6. The van der Waals surface area contributed by atoms with Crippen molar-refractivity contribution in [3.8, 4) is 66.9 Å². The number of aryl methyl sites for hydroxylation is 2. The first-order chi connectivity index (χ1) is 54.0. The molecule has 0 aliphatic carbocycles. The van der Waals surface area contributed by atoms with Crippen LogP contribution in [0.2, 0.25) is 0 Å². The van der Waals surface area contributed by atoms with E-state index in [0.29, 0.717) is 73.3 Å². The number of ether oxygens (including phenoxy) is 4. The minimum absolute atomic E-state index is 0.110.